The molecule has 0 aromatic carbocycles. The van der Waals surface area contributed by atoms with E-state index in [-0.39, 0.29) is 18.2 Å². The van der Waals surface area contributed by atoms with Crippen molar-refractivity contribution in [1.29, 1.82) is 0 Å². The second kappa shape index (κ2) is 3.75. The summed E-state index contributed by atoms with van der Waals surface area (Å²) in [7, 11) is -3.33. The predicted octanol–water partition coefficient (Wildman–Crippen LogP) is 0.275. The first-order valence-electron chi connectivity index (χ1n) is 5.20. The lowest BCUT2D eigenvalue weighted by Gasteiger charge is -2.25. The molecule has 6 heteroatoms. The van der Waals surface area contributed by atoms with Gasteiger partial charge in [-0.1, -0.05) is 0 Å². The van der Waals surface area contributed by atoms with Crippen LogP contribution < -0.4 is 0 Å². The quantitative estimate of drug-likeness (QED) is 0.756. The fourth-order valence-electron chi connectivity index (χ4n) is 2.55. The van der Waals surface area contributed by atoms with Crippen LogP contribution in [0.1, 0.15) is 25.7 Å². The highest BCUT2D eigenvalue weighted by molar-refractivity contribution is 7.89. The minimum Gasteiger partial charge on any atom is -0.481 e. The Morgan fingerprint density at radius 2 is 2.13 bits per heavy atom. The van der Waals surface area contributed by atoms with E-state index in [9.17, 15) is 13.2 Å². The van der Waals surface area contributed by atoms with Crippen molar-refractivity contribution >= 4 is 16.0 Å². The molecule has 1 saturated carbocycles. The largest absolute Gasteiger partial charge is 0.481 e. The summed E-state index contributed by atoms with van der Waals surface area (Å²) in [5, 5.41) is 8.47. The molecule has 2 atom stereocenters. The van der Waals surface area contributed by atoms with Gasteiger partial charge in [0.15, 0.2) is 0 Å². The van der Waals surface area contributed by atoms with Gasteiger partial charge < -0.3 is 5.11 Å². The van der Waals surface area contributed by atoms with E-state index in [0.29, 0.717) is 12.5 Å². The molecule has 1 N–H and O–H groups in total. The maximum absolute atomic E-state index is 11.8. The number of hydrogen-bond donors (Lipinski definition) is 1. The molecular formula is C9H15NO4S. The molecule has 1 aliphatic carbocycles. The number of hydrogen-bond acceptors (Lipinski definition) is 3. The van der Waals surface area contributed by atoms with E-state index >= 15 is 0 Å². The molecule has 1 heterocycles. The highest BCUT2D eigenvalue weighted by Crippen LogP contribution is 2.39. The summed E-state index contributed by atoms with van der Waals surface area (Å²) in [6, 6.07) is 0.147. The summed E-state index contributed by atoms with van der Waals surface area (Å²) in [4.78, 5) is 10.3. The third-order valence-electron chi connectivity index (χ3n) is 3.29. The van der Waals surface area contributed by atoms with Gasteiger partial charge >= 0.3 is 5.97 Å². The predicted molar refractivity (Wildman–Crippen MR) is 53.9 cm³/mol. The van der Waals surface area contributed by atoms with Gasteiger partial charge in [0.1, 0.15) is 0 Å². The summed E-state index contributed by atoms with van der Waals surface area (Å²) in [5.41, 5.74) is 0. The second-order valence-corrected chi connectivity index (χ2v) is 6.40. The van der Waals surface area contributed by atoms with Crippen molar-refractivity contribution in [3.05, 3.63) is 0 Å². The van der Waals surface area contributed by atoms with E-state index in [0.717, 1.165) is 19.3 Å². The molecule has 0 radical (unpaired) electrons. The molecule has 2 unspecified atom stereocenters. The van der Waals surface area contributed by atoms with E-state index in [1.165, 1.54) is 4.31 Å². The summed E-state index contributed by atoms with van der Waals surface area (Å²) < 4.78 is 25.1. The van der Waals surface area contributed by atoms with Gasteiger partial charge in [-0.3, -0.25) is 4.79 Å². The Morgan fingerprint density at radius 3 is 2.60 bits per heavy atom. The SMILES string of the molecule is O=C(O)CCS(=O)(=O)N1CC2CCC1C2. The maximum atomic E-state index is 11.8. The first-order valence-corrected chi connectivity index (χ1v) is 6.81. The van der Waals surface area contributed by atoms with Crippen molar-refractivity contribution in [3.63, 3.8) is 0 Å². The van der Waals surface area contributed by atoms with E-state index in [4.69, 9.17) is 5.11 Å². The van der Waals surface area contributed by atoms with Gasteiger partial charge in [-0.2, -0.15) is 4.31 Å². The van der Waals surface area contributed by atoms with Crippen LogP contribution in [0.2, 0.25) is 0 Å². The van der Waals surface area contributed by atoms with Gasteiger partial charge in [0, 0.05) is 12.6 Å². The van der Waals surface area contributed by atoms with E-state index in [1.54, 1.807) is 0 Å². The number of carboxylic acid groups (broad SMARTS) is 1. The third-order valence-corrected chi connectivity index (χ3v) is 5.17. The average Bonchev–Trinajstić information content (AvgIpc) is 2.76. The topological polar surface area (TPSA) is 74.7 Å². The molecule has 1 saturated heterocycles. The van der Waals surface area contributed by atoms with Crippen molar-refractivity contribution in [2.75, 3.05) is 12.3 Å². The van der Waals surface area contributed by atoms with Crippen LogP contribution >= 0.6 is 0 Å². The number of carbonyl (C=O) groups is 1. The van der Waals surface area contributed by atoms with E-state index in [2.05, 4.69) is 0 Å². The molecule has 2 aliphatic rings. The number of carboxylic acids is 1. The van der Waals surface area contributed by atoms with Crippen molar-refractivity contribution < 1.29 is 18.3 Å². The molecule has 0 spiro atoms. The van der Waals surface area contributed by atoms with Crippen LogP contribution in [0.15, 0.2) is 0 Å². The minimum atomic E-state index is -3.33. The fraction of sp³-hybridized carbons (Fsp3) is 0.889. The molecule has 2 rings (SSSR count). The number of aliphatic carboxylic acids is 1. The van der Waals surface area contributed by atoms with Gasteiger partial charge in [-0.15, -0.1) is 0 Å². The Hall–Kier alpha value is -0.620. The van der Waals surface area contributed by atoms with Crippen molar-refractivity contribution in [2.24, 2.45) is 5.92 Å². The molecule has 2 fully saturated rings. The molecule has 0 amide bonds. The molecular weight excluding hydrogens is 218 g/mol. The molecule has 15 heavy (non-hydrogen) atoms. The maximum Gasteiger partial charge on any atom is 0.304 e. The van der Waals surface area contributed by atoms with E-state index in [1.807, 2.05) is 0 Å². The van der Waals surface area contributed by atoms with Crippen molar-refractivity contribution in [1.82, 2.24) is 4.31 Å². The van der Waals surface area contributed by atoms with Crippen LogP contribution in [0.4, 0.5) is 0 Å². The molecule has 2 bridgehead atoms. The van der Waals surface area contributed by atoms with Crippen LogP contribution in [-0.2, 0) is 14.8 Å². The van der Waals surface area contributed by atoms with Gasteiger partial charge in [0.2, 0.25) is 10.0 Å². The van der Waals surface area contributed by atoms with Gasteiger partial charge in [0.25, 0.3) is 0 Å². The van der Waals surface area contributed by atoms with Crippen molar-refractivity contribution in [2.45, 2.75) is 31.7 Å². The molecule has 0 aromatic rings. The highest BCUT2D eigenvalue weighted by atomic mass is 32.2. The zero-order chi connectivity index (χ0) is 11.1. The molecule has 5 nitrogen and oxygen atoms in total. The fourth-order valence-corrected chi connectivity index (χ4v) is 4.30. The van der Waals surface area contributed by atoms with E-state index < -0.39 is 16.0 Å². The first kappa shape index (κ1) is 10.9. The highest BCUT2D eigenvalue weighted by Gasteiger charge is 2.43. The van der Waals surface area contributed by atoms with Gasteiger partial charge in [-0.25, -0.2) is 8.42 Å². The normalized spacial score (nSPS) is 30.9. The lowest BCUT2D eigenvalue weighted by atomic mass is 10.1. The van der Waals surface area contributed by atoms with Gasteiger partial charge in [-0.05, 0) is 25.2 Å². The molecule has 1 aliphatic heterocycles. The summed E-state index contributed by atoms with van der Waals surface area (Å²) in [5.74, 6) is -0.802. The number of piperidine rings is 1. The Balaban J connectivity index is 2.00. The average molecular weight is 233 g/mol. The monoisotopic (exact) mass is 233 g/mol. The number of nitrogens with zero attached hydrogens (tertiary/aromatic N) is 1. The standard InChI is InChI=1S/C9H15NO4S/c11-9(12)3-4-15(13,14)10-6-7-1-2-8(10)5-7/h7-8H,1-6H2,(H,11,12). The molecule has 0 aromatic heterocycles. The third kappa shape index (κ3) is 2.15. The Kier molecular flexibility index (Phi) is 2.72. The van der Waals surface area contributed by atoms with Crippen molar-refractivity contribution in [3.8, 4) is 0 Å². The van der Waals surface area contributed by atoms with Crippen LogP contribution in [-0.4, -0.2) is 42.1 Å². The Bertz CT molecular complexity index is 364. The summed E-state index contributed by atoms with van der Waals surface area (Å²) in [6.45, 7) is 0.604. The Morgan fingerprint density at radius 1 is 1.40 bits per heavy atom. The smallest absolute Gasteiger partial charge is 0.304 e. The minimum absolute atomic E-state index is 0.147. The lowest BCUT2D eigenvalue weighted by Crippen LogP contribution is -2.39. The lowest BCUT2D eigenvalue weighted by molar-refractivity contribution is -0.136. The van der Waals surface area contributed by atoms with Crippen LogP contribution in [0.5, 0.6) is 0 Å². The zero-order valence-corrected chi connectivity index (χ0v) is 9.24. The van der Waals surface area contributed by atoms with Crippen LogP contribution in [0.25, 0.3) is 0 Å². The molecule has 86 valence electrons. The first-order chi connectivity index (χ1) is 6.99. The van der Waals surface area contributed by atoms with Crippen LogP contribution in [0.3, 0.4) is 0 Å². The summed E-state index contributed by atoms with van der Waals surface area (Å²) in [6.07, 6.45) is 2.73. The second-order valence-electron chi connectivity index (χ2n) is 4.36. The van der Waals surface area contributed by atoms with Crippen LogP contribution in [0, 0.1) is 5.92 Å². The van der Waals surface area contributed by atoms with Gasteiger partial charge in [0.05, 0.1) is 12.2 Å². The number of sulfonamides is 1. The summed E-state index contributed by atoms with van der Waals surface area (Å²) >= 11 is 0. The number of rotatable bonds is 4. The zero-order valence-electron chi connectivity index (χ0n) is 8.42. The Labute approximate surface area is 89.1 Å². The number of fused-ring (bicyclic) bond motifs is 2.